The summed E-state index contributed by atoms with van der Waals surface area (Å²) in [5.41, 5.74) is 6.75. The first-order chi connectivity index (χ1) is 9.28. The molecule has 8 nitrogen and oxygen atoms in total. The van der Waals surface area contributed by atoms with Crippen molar-refractivity contribution in [1.29, 1.82) is 0 Å². The standard InChI is InChI=1S/C10H13N5O3S2/c1-15(2)20(17,18)14-10(16)12-6-3-4-7-8(5-6)19-9(11)13-7/h3-5H,1-2H3,(H2,11,13)(H2,12,14,16). The highest BCUT2D eigenvalue weighted by Gasteiger charge is 2.17. The molecule has 0 bridgehead atoms. The van der Waals surface area contributed by atoms with Gasteiger partial charge in [0, 0.05) is 19.8 Å². The Hall–Kier alpha value is -1.91. The molecule has 0 atom stereocenters. The summed E-state index contributed by atoms with van der Waals surface area (Å²) in [5, 5.41) is 2.86. The third-order valence-electron chi connectivity index (χ3n) is 2.37. The van der Waals surface area contributed by atoms with Crippen LogP contribution in [0.4, 0.5) is 15.6 Å². The molecule has 0 saturated carbocycles. The van der Waals surface area contributed by atoms with Gasteiger partial charge in [-0.15, -0.1) is 0 Å². The smallest absolute Gasteiger partial charge is 0.333 e. The lowest BCUT2D eigenvalue weighted by atomic mass is 10.3. The molecule has 0 unspecified atom stereocenters. The number of rotatable bonds is 3. The molecule has 1 heterocycles. The predicted octanol–water partition coefficient (Wildman–Crippen LogP) is 0.806. The van der Waals surface area contributed by atoms with E-state index in [1.807, 2.05) is 4.72 Å². The Bertz CT molecular complexity index is 753. The van der Waals surface area contributed by atoms with Gasteiger partial charge in [-0.3, -0.25) is 0 Å². The monoisotopic (exact) mass is 315 g/mol. The maximum atomic E-state index is 11.6. The minimum Gasteiger partial charge on any atom is -0.375 e. The second kappa shape index (κ2) is 5.23. The summed E-state index contributed by atoms with van der Waals surface area (Å²) in [5.74, 6) is 0. The molecule has 1 aromatic heterocycles. The van der Waals surface area contributed by atoms with Crippen LogP contribution in [-0.4, -0.2) is 37.8 Å². The van der Waals surface area contributed by atoms with Crippen molar-refractivity contribution in [1.82, 2.24) is 14.0 Å². The minimum atomic E-state index is -3.81. The number of aromatic nitrogens is 1. The molecule has 0 radical (unpaired) electrons. The molecular weight excluding hydrogens is 302 g/mol. The van der Waals surface area contributed by atoms with Gasteiger partial charge in [-0.05, 0) is 18.2 Å². The summed E-state index contributed by atoms with van der Waals surface area (Å²) >= 11 is 1.28. The highest BCUT2D eigenvalue weighted by Crippen LogP contribution is 2.26. The van der Waals surface area contributed by atoms with Crippen molar-refractivity contribution in [3.05, 3.63) is 18.2 Å². The minimum absolute atomic E-state index is 0.428. The number of hydrogen-bond acceptors (Lipinski definition) is 6. The van der Waals surface area contributed by atoms with Gasteiger partial charge in [0.25, 0.3) is 0 Å². The zero-order valence-electron chi connectivity index (χ0n) is 10.7. The van der Waals surface area contributed by atoms with E-state index >= 15 is 0 Å². The molecule has 0 aliphatic rings. The van der Waals surface area contributed by atoms with Gasteiger partial charge >= 0.3 is 16.2 Å². The number of carbonyl (C=O) groups excluding carboxylic acids is 1. The number of nitrogens with two attached hydrogens (primary N) is 1. The molecule has 4 N–H and O–H groups in total. The summed E-state index contributed by atoms with van der Waals surface area (Å²) in [6, 6.07) is 4.14. The summed E-state index contributed by atoms with van der Waals surface area (Å²) in [7, 11) is -1.17. The molecule has 0 aliphatic heterocycles. The molecule has 0 aliphatic carbocycles. The Morgan fingerprint density at radius 2 is 2.10 bits per heavy atom. The predicted molar refractivity (Wildman–Crippen MR) is 78.8 cm³/mol. The molecule has 0 saturated heterocycles. The van der Waals surface area contributed by atoms with E-state index in [9.17, 15) is 13.2 Å². The topological polar surface area (TPSA) is 117 Å². The number of fused-ring (bicyclic) bond motifs is 1. The van der Waals surface area contributed by atoms with Crippen molar-refractivity contribution in [2.24, 2.45) is 0 Å². The number of nitrogens with one attached hydrogen (secondary N) is 2. The molecule has 2 aromatic rings. The van der Waals surface area contributed by atoms with E-state index in [-0.39, 0.29) is 0 Å². The van der Waals surface area contributed by atoms with Crippen LogP contribution in [0.25, 0.3) is 10.2 Å². The van der Waals surface area contributed by atoms with Crippen LogP contribution in [-0.2, 0) is 10.2 Å². The van der Waals surface area contributed by atoms with Gasteiger partial charge < -0.3 is 11.1 Å². The van der Waals surface area contributed by atoms with Crippen molar-refractivity contribution >= 4 is 48.6 Å². The largest absolute Gasteiger partial charge is 0.375 e. The first-order valence-electron chi connectivity index (χ1n) is 5.45. The van der Waals surface area contributed by atoms with Crippen LogP contribution in [0, 0.1) is 0 Å². The molecule has 20 heavy (non-hydrogen) atoms. The molecular formula is C10H13N5O3S2. The fourth-order valence-electron chi connectivity index (χ4n) is 1.39. The number of thiazole rings is 1. The first-order valence-corrected chi connectivity index (χ1v) is 7.71. The quantitative estimate of drug-likeness (QED) is 0.774. The molecule has 2 rings (SSSR count). The van der Waals surface area contributed by atoms with E-state index in [0.29, 0.717) is 10.8 Å². The molecule has 10 heteroatoms. The Morgan fingerprint density at radius 3 is 2.75 bits per heavy atom. The summed E-state index contributed by atoms with van der Waals surface area (Å²) < 4.78 is 26.5. The van der Waals surface area contributed by atoms with Gasteiger partial charge in [-0.1, -0.05) is 11.3 Å². The second-order valence-corrected chi connectivity index (χ2v) is 7.03. The third-order valence-corrected chi connectivity index (χ3v) is 4.62. The number of urea groups is 1. The summed E-state index contributed by atoms with van der Waals surface area (Å²) in [6.45, 7) is 0. The van der Waals surface area contributed by atoms with E-state index in [4.69, 9.17) is 5.73 Å². The summed E-state index contributed by atoms with van der Waals surface area (Å²) in [6.07, 6.45) is 0. The fraction of sp³-hybridized carbons (Fsp3) is 0.200. The Morgan fingerprint density at radius 1 is 1.40 bits per heavy atom. The van der Waals surface area contributed by atoms with Gasteiger partial charge in [0.05, 0.1) is 10.2 Å². The van der Waals surface area contributed by atoms with Crippen molar-refractivity contribution < 1.29 is 13.2 Å². The van der Waals surface area contributed by atoms with Crippen molar-refractivity contribution in [3.8, 4) is 0 Å². The zero-order valence-corrected chi connectivity index (χ0v) is 12.4. The maximum absolute atomic E-state index is 11.6. The van der Waals surface area contributed by atoms with Crippen LogP contribution in [0.5, 0.6) is 0 Å². The normalized spacial score (nSPS) is 11.8. The number of amides is 2. The molecule has 0 spiro atoms. The Labute approximate surface area is 119 Å². The molecule has 0 fully saturated rings. The zero-order chi connectivity index (χ0) is 14.9. The number of nitrogen functional groups attached to an aromatic ring is 1. The van der Waals surface area contributed by atoms with Crippen LogP contribution < -0.4 is 15.8 Å². The molecule has 2 amide bonds. The van der Waals surface area contributed by atoms with E-state index in [1.165, 1.54) is 25.4 Å². The van der Waals surface area contributed by atoms with Gasteiger partial charge in [-0.2, -0.15) is 12.7 Å². The van der Waals surface area contributed by atoms with Gasteiger partial charge in [-0.25, -0.2) is 14.5 Å². The van der Waals surface area contributed by atoms with Crippen LogP contribution in [0.3, 0.4) is 0 Å². The summed E-state index contributed by atoms with van der Waals surface area (Å²) in [4.78, 5) is 15.7. The SMILES string of the molecule is CN(C)S(=O)(=O)NC(=O)Nc1ccc2nc(N)sc2c1. The fourth-order valence-corrected chi connectivity index (χ4v) is 2.63. The third kappa shape index (κ3) is 3.15. The number of benzene rings is 1. The first kappa shape index (κ1) is 14.5. The number of carbonyl (C=O) groups is 1. The van der Waals surface area contributed by atoms with Crippen molar-refractivity contribution in [2.45, 2.75) is 0 Å². The van der Waals surface area contributed by atoms with Gasteiger partial charge in [0.2, 0.25) is 0 Å². The van der Waals surface area contributed by atoms with Gasteiger partial charge in [0.1, 0.15) is 0 Å². The molecule has 1 aromatic carbocycles. The van der Waals surface area contributed by atoms with E-state index in [1.54, 1.807) is 18.2 Å². The number of nitrogens with zero attached hydrogens (tertiary/aromatic N) is 2. The van der Waals surface area contributed by atoms with Gasteiger partial charge in [0.15, 0.2) is 5.13 Å². The Kier molecular flexibility index (Phi) is 3.79. The van der Waals surface area contributed by atoms with Crippen molar-refractivity contribution in [2.75, 3.05) is 25.1 Å². The maximum Gasteiger partial charge on any atom is 0.333 e. The van der Waals surface area contributed by atoms with Crippen LogP contribution in [0.2, 0.25) is 0 Å². The number of anilines is 2. The highest BCUT2D eigenvalue weighted by molar-refractivity contribution is 7.87. The van der Waals surface area contributed by atoms with E-state index in [2.05, 4.69) is 10.3 Å². The van der Waals surface area contributed by atoms with Crippen LogP contribution in [0.1, 0.15) is 0 Å². The van der Waals surface area contributed by atoms with E-state index in [0.717, 1.165) is 14.5 Å². The lowest BCUT2D eigenvalue weighted by molar-refractivity contribution is 0.256. The highest BCUT2D eigenvalue weighted by atomic mass is 32.2. The van der Waals surface area contributed by atoms with Crippen LogP contribution >= 0.6 is 11.3 Å². The average Bonchev–Trinajstić information content (AvgIpc) is 2.67. The van der Waals surface area contributed by atoms with Crippen molar-refractivity contribution in [3.63, 3.8) is 0 Å². The van der Waals surface area contributed by atoms with Crippen LogP contribution in [0.15, 0.2) is 18.2 Å². The lowest BCUT2D eigenvalue weighted by Crippen LogP contribution is -2.41. The Balaban J connectivity index is 2.14. The average molecular weight is 315 g/mol. The number of hydrogen-bond donors (Lipinski definition) is 3. The molecule has 108 valence electrons. The van der Waals surface area contributed by atoms with E-state index < -0.39 is 16.2 Å². The second-order valence-electron chi connectivity index (χ2n) is 4.08. The lowest BCUT2D eigenvalue weighted by Gasteiger charge is -2.12.